The Morgan fingerprint density at radius 3 is 1.31 bits per heavy atom. The molecule has 2 N–H and O–H groups in total. The van der Waals surface area contributed by atoms with Gasteiger partial charge in [-0.2, -0.15) is 0 Å². The fourth-order valence-electron chi connectivity index (χ4n) is 1.78. The van der Waals surface area contributed by atoms with Crippen LogP contribution < -0.4 is 10.6 Å². The highest BCUT2D eigenvalue weighted by atomic mass is 32.9. The van der Waals surface area contributed by atoms with Gasteiger partial charge in [0.15, 0.2) is 0 Å². The molecule has 172 valence electrons. The average Bonchev–Trinajstić information content (AvgIpc) is 2.65. The Kier molecular flexibility index (Phi) is 17.8. The van der Waals surface area contributed by atoms with Gasteiger partial charge in [-0.1, -0.05) is 22.8 Å². The van der Waals surface area contributed by atoms with E-state index >= 15 is 0 Å². The zero-order valence-corrected chi connectivity index (χ0v) is 22.4. The van der Waals surface area contributed by atoms with E-state index in [9.17, 15) is 9.59 Å². The second-order valence-corrected chi connectivity index (χ2v) is 17.8. The first-order chi connectivity index (χ1) is 13.7. The standard InChI is InChI=1S/C15H32N2O6P2S4/c1-5-20-24(26,21-6-2)28-12-14(18)16-10-9-11-17-15(19)13-29-25(27,22-7-3)23-8-4/h5-13H2,1-4H3,(H,16,18)(H,17,19). The molecule has 0 aromatic heterocycles. The lowest BCUT2D eigenvalue weighted by Crippen LogP contribution is -2.31. The summed E-state index contributed by atoms with van der Waals surface area (Å²) in [5.41, 5.74) is -4.92. The third-order valence-corrected chi connectivity index (χ3v) is 13.7. The monoisotopic (exact) mass is 526 g/mol. The van der Waals surface area contributed by atoms with E-state index in [0.717, 1.165) is 0 Å². The molecule has 29 heavy (non-hydrogen) atoms. The van der Waals surface area contributed by atoms with Crippen LogP contribution in [0.15, 0.2) is 0 Å². The van der Waals surface area contributed by atoms with Crippen LogP contribution in [0.3, 0.4) is 0 Å². The predicted octanol–water partition coefficient (Wildman–Crippen LogP) is 3.67. The Morgan fingerprint density at radius 1 is 0.724 bits per heavy atom. The molecule has 0 saturated heterocycles. The van der Waals surface area contributed by atoms with Crippen molar-refractivity contribution in [2.75, 3.05) is 51.0 Å². The molecular weight excluding hydrogens is 494 g/mol. The molecule has 14 heteroatoms. The molecule has 0 aliphatic rings. The smallest absolute Gasteiger partial charge is 0.247 e. The predicted molar refractivity (Wildman–Crippen MR) is 131 cm³/mol. The van der Waals surface area contributed by atoms with Crippen LogP contribution >= 0.6 is 34.2 Å². The third-order valence-electron chi connectivity index (χ3n) is 2.85. The SMILES string of the molecule is CCOP(=S)(OCC)SCC(=O)NCCCNC(=O)CSP(=S)(OCC)OCC. The van der Waals surface area contributed by atoms with Gasteiger partial charge in [0.05, 0.1) is 37.9 Å². The molecule has 0 aromatic carbocycles. The van der Waals surface area contributed by atoms with E-state index in [4.69, 9.17) is 41.7 Å². The Labute approximate surface area is 192 Å². The number of carbonyl (C=O) groups excluding carboxylic acids is 2. The molecule has 8 nitrogen and oxygen atoms in total. The van der Waals surface area contributed by atoms with Gasteiger partial charge in [-0.3, -0.25) is 9.59 Å². The summed E-state index contributed by atoms with van der Waals surface area (Å²) in [4.78, 5) is 23.9. The van der Waals surface area contributed by atoms with Crippen LogP contribution in [-0.4, -0.2) is 62.8 Å². The van der Waals surface area contributed by atoms with Crippen molar-refractivity contribution in [3.8, 4) is 0 Å². The van der Waals surface area contributed by atoms with Crippen molar-refractivity contribution in [2.45, 2.75) is 34.1 Å². The number of rotatable bonds is 18. The van der Waals surface area contributed by atoms with Crippen molar-refractivity contribution in [1.82, 2.24) is 10.6 Å². The summed E-state index contributed by atoms with van der Waals surface area (Å²) in [6.45, 7) is 10.1. The minimum absolute atomic E-state index is 0.139. The van der Waals surface area contributed by atoms with Crippen LogP contribution in [0, 0.1) is 0 Å². The van der Waals surface area contributed by atoms with E-state index in [0.29, 0.717) is 45.9 Å². The van der Waals surface area contributed by atoms with Crippen LogP contribution in [0.5, 0.6) is 0 Å². The van der Waals surface area contributed by atoms with Gasteiger partial charge in [-0.15, -0.1) is 0 Å². The highest BCUT2D eigenvalue weighted by Gasteiger charge is 2.21. The van der Waals surface area contributed by atoms with Crippen molar-refractivity contribution in [1.29, 1.82) is 0 Å². The van der Waals surface area contributed by atoms with Crippen molar-refractivity contribution in [3.63, 3.8) is 0 Å². The lowest BCUT2D eigenvalue weighted by molar-refractivity contribution is -0.118. The summed E-state index contributed by atoms with van der Waals surface area (Å²) >= 11 is 13.2. The molecule has 0 atom stereocenters. The normalized spacial score (nSPS) is 12.0. The first-order valence-electron chi connectivity index (χ1n) is 9.34. The lowest BCUT2D eigenvalue weighted by atomic mass is 10.4. The van der Waals surface area contributed by atoms with Crippen molar-refractivity contribution in [2.24, 2.45) is 0 Å². The average molecular weight is 527 g/mol. The van der Waals surface area contributed by atoms with Crippen LogP contribution in [0.4, 0.5) is 0 Å². The van der Waals surface area contributed by atoms with Crippen LogP contribution in [0.25, 0.3) is 0 Å². The first kappa shape index (κ1) is 29.8. The highest BCUT2D eigenvalue weighted by Crippen LogP contribution is 2.61. The zero-order chi connectivity index (χ0) is 22.2. The molecule has 0 unspecified atom stereocenters. The Morgan fingerprint density at radius 2 is 1.03 bits per heavy atom. The molecule has 0 radical (unpaired) electrons. The van der Waals surface area contributed by atoms with Crippen molar-refractivity contribution in [3.05, 3.63) is 0 Å². The number of nitrogens with one attached hydrogen (secondary N) is 2. The van der Waals surface area contributed by atoms with Crippen LogP contribution in [0.1, 0.15) is 34.1 Å². The second kappa shape index (κ2) is 17.3. The van der Waals surface area contributed by atoms with Crippen molar-refractivity contribution >= 4 is 69.6 Å². The minimum atomic E-state index is -2.46. The second-order valence-electron chi connectivity index (χ2n) is 5.17. The first-order valence-corrected chi connectivity index (χ1v) is 17.8. The van der Waals surface area contributed by atoms with E-state index in [1.165, 1.54) is 22.8 Å². The molecular formula is C15H32N2O6P2S4. The van der Waals surface area contributed by atoms with Crippen molar-refractivity contribution < 1.29 is 27.7 Å². The lowest BCUT2D eigenvalue weighted by Gasteiger charge is -2.19. The maximum Gasteiger partial charge on any atom is 0.247 e. The van der Waals surface area contributed by atoms with Gasteiger partial charge in [0, 0.05) is 13.1 Å². The summed E-state index contributed by atoms with van der Waals surface area (Å²) in [5.74, 6) is 0.0822. The summed E-state index contributed by atoms with van der Waals surface area (Å²) < 4.78 is 21.9. The van der Waals surface area contributed by atoms with Gasteiger partial charge in [0.25, 0.3) is 0 Å². The molecule has 0 rings (SSSR count). The summed E-state index contributed by atoms with van der Waals surface area (Å²) in [5, 5.41) is 5.59. The fraction of sp³-hybridized carbons (Fsp3) is 0.867. The van der Waals surface area contributed by atoms with Gasteiger partial charge in [0.2, 0.25) is 23.2 Å². The minimum Gasteiger partial charge on any atom is -0.355 e. The van der Waals surface area contributed by atoms with Gasteiger partial charge < -0.3 is 28.7 Å². The molecule has 2 amide bonds. The molecule has 0 fully saturated rings. The molecule has 0 saturated carbocycles. The highest BCUT2D eigenvalue weighted by molar-refractivity contribution is 8.68. The van der Waals surface area contributed by atoms with Gasteiger partial charge >= 0.3 is 0 Å². The van der Waals surface area contributed by atoms with Gasteiger partial charge in [-0.05, 0) is 57.7 Å². The Balaban J connectivity index is 4.00. The van der Waals surface area contributed by atoms with E-state index in [1.807, 2.05) is 27.7 Å². The maximum absolute atomic E-state index is 11.9. The molecule has 0 aliphatic carbocycles. The molecule has 0 heterocycles. The molecule has 0 aliphatic heterocycles. The number of hydrogen-bond donors (Lipinski definition) is 2. The number of amides is 2. The van der Waals surface area contributed by atoms with Gasteiger partial charge in [0.1, 0.15) is 0 Å². The quantitative estimate of drug-likeness (QED) is 0.203. The molecule has 0 spiro atoms. The summed E-state index contributed by atoms with van der Waals surface area (Å²) in [6, 6.07) is 0. The van der Waals surface area contributed by atoms with E-state index < -0.39 is 11.4 Å². The molecule has 0 aromatic rings. The maximum atomic E-state index is 11.9. The third kappa shape index (κ3) is 15.3. The van der Waals surface area contributed by atoms with Crippen LogP contribution in [-0.2, 0) is 51.3 Å². The fourth-order valence-corrected chi connectivity index (χ4v) is 10.3. The van der Waals surface area contributed by atoms with E-state index in [-0.39, 0.29) is 23.3 Å². The molecule has 0 bridgehead atoms. The van der Waals surface area contributed by atoms with Gasteiger partial charge in [-0.25, -0.2) is 0 Å². The van der Waals surface area contributed by atoms with E-state index in [1.54, 1.807) is 0 Å². The zero-order valence-electron chi connectivity index (χ0n) is 17.3. The number of carbonyl (C=O) groups is 2. The Bertz CT molecular complexity index is 517. The van der Waals surface area contributed by atoms with Crippen LogP contribution in [0.2, 0.25) is 0 Å². The summed E-state index contributed by atoms with van der Waals surface area (Å²) in [7, 11) is 0. The summed E-state index contributed by atoms with van der Waals surface area (Å²) in [6.07, 6.45) is 0.614. The number of hydrogen-bond acceptors (Lipinski definition) is 10. The van der Waals surface area contributed by atoms with E-state index in [2.05, 4.69) is 10.6 Å². The topological polar surface area (TPSA) is 95.1 Å². The largest absolute Gasteiger partial charge is 0.355 e. The Hall–Kier alpha value is 0.780.